The number of methoxy groups -OCH3 is 1. The molecule has 1 saturated heterocycles. The third kappa shape index (κ3) is 8.10. The Morgan fingerprint density at radius 3 is 2.48 bits per heavy atom. The van der Waals surface area contributed by atoms with Gasteiger partial charge in [0.05, 0.1) is 26.3 Å². The fourth-order valence-electron chi connectivity index (χ4n) is 2.59. The summed E-state index contributed by atoms with van der Waals surface area (Å²) in [5.41, 5.74) is 0.506. The highest BCUT2D eigenvalue weighted by Gasteiger charge is 2.45. The van der Waals surface area contributed by atoms with Crippen LogP contribution < -0.4 is 15.0 Å². The molecule has 1 aliphatic carbocycles. The average molecular weight is 415 g/mol. The molecule has 0 atom stereocenters. The molecule has 3 rings (SSSR count). The molecule has 0 spiro atoms. The number of anilines is 1. The molecule has 2 aliphatic rings. The SMILES string of the molecule is COCCNC(C)(C)C.O=C(O)c1ccc(N2CC(F)(F)C2)c(OCC2CC2)n1. The van der Waals surface area contributed by atoms with E-state index in [4.69, 9.17) is 14.6 Å². The van der Waals surface area contributed by atoms with Crippen LogP contribution in [0.15, 0.2) is 12.1 Å². The van der Waals surface area contributed by atoms with Crippen molar-refractivity contribution in [2.75, 3.05) is 44.9 Å². The fourth-order valence-corrected chi connectivity index (χ4v) is 2.59. The summed E-state index contributed by atoms with van der Waals surface area (Å²) >= 11 is 0. The number of rotatable bonds is 8. The normalized spacial score (nSPS) is 17.8. The number of nitrogens with zero attached hydrogens (tertiary/aromatic N) is 2. The number of nitrogens with one attached hydrogen (secondary N) is 1. The lowest BCUT2D eigenvalue weighted by Crippen LogP contribution is -2.56. The van der Waals surface area contributed by atoms with E-state index >= 15 is 0 Å². The van der Waals surface area contributed by atoms with Crippen LogP contribution in [0.1, 0.15) is 44.1 Å². The highest BCUT2D eigenvalue weighted by Crippen LogP contribution is 2.37. The number of halogens is 2. The van der Waals surface area contributed by atoms with E-state index in [0.29, 0.717) is 18.2 Å². The second-order valence-electron chi connectivity index (χ2n) is 8.46. The number of hydrogen-bond donors (Lipinski definition) is 2. The zero-order chi connectivity index (χ0) is 21.7. The summed E-state index contributed by atoms with van der Waals surface area (Å²) in [4.78, 5) is 16.3. The maximum absolute atomic E-state index is 12.9. The molecule has 164 valence electrons. The van der Waals surface area contributed by atoms with Gasteiger partial charge in [0.25, 0.3) is 5.92 Å². The van der Waals surface area contributed by atoms with Crippen molar-refractivity contribution in [1.29, 1.82) is 0 Å². The summed E-state index contributed by atoms with van der Waals surface area (Å²) in [6.45, 7) is 7.82. The van der Waals surface area contributed by atoms with Crippen molar-refractivity contribution in [3.8, 4) is 5.88 Å². The molecule has 0 bridgehead atoms. The zero-order valence-electron chi connectivity index (χ0n) is 17.5. The Morgan fingerprint density at radius 1 is 1.34 bits per heavy atom. The molecule has 9 heteroatoms. The van der Waals surface area contributed by atoms with Gasteiger partial charge < -0.3 is 24.8 Å². The van der Waals surface area contributed by atoms with E-state index in [1.807, 2.05) is 0 Å². The van der Waals surface area contributed by atoms with Gasteiger partial charge in [-0.2, -0.15) is 0 Å². The molecule has 0 amide bonds. The number of aromatic nitrogens is 1. The molecule has 1 aromatic heterocycles. The molecule has 0 aromatic carbocycles. The maximum Gasteiger partial charge on any atom is 0.354 e. The van der Waals surface area contributed by atoms with Crippen LogP contribution in [-0.4, -0.2) is 67.5 Å². The smallest absolute Gasteiger partial charge is 0.354 e. The number of aromatic carboxylic acids is 1. The van der Waals surface area contributed by atoms with E-state index in [1.165, 1.54) is 17.0 Å². The molecule has 0 radical (unpaired) electrons. The van der Waals surface area contributed by atoms with Gasteiger partial charge in [-0.3, -0.25) is 0 Å². The first kappa shape index (κ1) is 23.3. The first-order chi connectivity index (χ1) is 13.5. The Bertz CT molecular complexity index is 683. The third-order valence-corrected chi connectivity index (χ3v) is 4.36. The van der Waals surface area contributed by atoms with Crippen LogP contribution in [0.5, 0.6) is 5.88 Å². The van der Waals surface area contributed by atoms with E-state index in [0.717, 1.165) is 26.0 Å². The van der Waals surface area contributed by atoms with Crippen LogP contribution in [0.4, 0.5) is 14.5 Å². The molecule has 1 aliphatic heterocycles. The van der Waals surface area contributed by atoms with E-state index in [9.17, 15) is 13.6 Å². The average Bonchev–Trinajstić information content (AvgIpc) is 3.41. The molecule has 2 fully saturated rings. The molecule has 1 saturated carbocycles. The lowest BCUT2D eigenvalue weighted by Gasteiger charge is -2.40. The fraction of sp³-hybridized carbons (Fsp3) is 0.700. The minimum atomic E-state index is -2.70. The van der Waals surface area contributed by atoms with Gasteiger partial charge >= 0.3 is 5.97 Å². The van der Waals surface area contributed by atoms with Crippen LogP contribution >= 0.6 is 0 Å². The monoisotopic (exact) mass is 415 g/mol. The molecule has 0 unspecified atom stereocenters. The van der Waals surface area contributed by atoms with Crippen molar-refractivity contribution in [3.63, 3.8) is 0 Å². The second-order valence-corrected chi connectivity index (χ2v) is 8.46. The van der Waals surface area contributed by atoms with Gasteiger partial charge in [-0.1, -0.05) is 0 Å². The highest BCUT2D eigenvalue weighted by molar-refractivity contribution is 5.86. The summed E-state index contributed by atoms with van der Waals surface area (Å²) in [5.74, 6) is -3.26. The quantitative estimate of drug-likeness (QED) is 0.632. The number of carboxylic acids is 1. The molecule has 2 heterocycles. The summed E-state index contributed by atoms with van der Waals surface area (Å²) in [6.07, 6.45) is 2.16. The Balaban J connectivity index is 0.000000284. The second kappa shape index (κ2) is 9.67. The number of hydrogen-bond acceptors (Lipinski definition) is 6. The molecule has 29 heavy (non-hydrogen) atoms. The number of alkyl halides is 2. The van der Waals surface area contributed by atoms with E-state index in [2.05, 4.69) is 31.1 Å². The van der Waals surface area contributed by atoms with Gasteiger partial charge in [0.15, 0.2) is 5.69 Å². The predicted octanol–water partition coefficient (Wildman–Crippen LogP) is 3.04. The van der Waals surface area contributed by atoms with E-state index in [1.54, 1.807) is 7.11 Å². The standard InChI is InChI=1S/C13H14F2N2O3.C7H17NO/c14-13(15)6-17(7-13)10-4-3-9(12(18)19)16-11(10)20-5-8-1-2-8;1-7(2,3)8-5-6-9-4/h3-4,8H,1-2,5-7H2,(H,18,19);8H,5-6H2,1-4H3. The van der Waals surface area contributed by atoms with Crippen LogP contribution in [0.25, 0.3) is 0 Å². The molecular weight excluding hydrogens is 384 g/mol. The minimum Gasteiger partial charge on any atom is -0.477 e. The largest absolute Gasteiger partial charge is 0.477 e. The number of carboxylic acid groups (broad SMARTS) is 1. The van der Waals surface area contributed by atoms with Gasteiger partial charge in [-0.15, -0.1) is 0 Å². The molecule has 1 aromatic rings. The zero-order valence-corrected chi connectivity index (χ0v) is 17.5. The number of pyridine rings is 1. The van der Waals surface area contributed by atoms with Crippen LogP contribution in [0, 0.1) is 5.92 Å². The summed E-state index contributed by atoms with van der Waals surface area (Å²) in [6, 6.07) is 2.78. The first-order valence-electron chi connectivity index (χ1n) is 9.74. The van der Waals surface area contributed by atoms with E-state index < -0.39 is 11.9 Å². The lowest BCUT2D eigenvalue weighted by atomic mass is 10.1. The summed E-state index contributed by atoms with van der Waals surface area (Å²) in [7, 11) is 1.71. The van der Waals surface area contributed by atoms with Gasteiger partial charge in [0.2, 0.25) is 5.88 Å². The highest BCUT2D eigenvalue weighted by atomic mass is 19.3. The molecular formula is C20H31F2N3O4. The van der Waals surface area contributed by atoms with Crippen molar-refractivity contribution in [1.82, 2.24) is 10.3 Å². The Morgan fingerprint density at radius 2 is 2.00 bits per heavy atom. The van der Waals surface area contributed by atoms with Crippen molar-refractivity contribution in [2.45, 2.75) is 45.1 Å². The lowest BCUT2D eigenvalue weighted by molar-refractivity contribution is -0.0265. The van der Waals surface area contributed by atoms with Crippen LogP contribution in [-0.2, 0) is 4.74 Å². The van der Waals surface area contributed by atoms with Crippen molar-refractivity contribution in [3.05, 3.63) is 17.8 Å². The van der Waals surface area contributed by atoms with Crippen LogP contribution in [0.2, 0.25) is 0 Å². The van der Waals surface area contributed by atoms with Crippen LogP contribution in [0.3, 0.4) is 0 Å². The Labute approximate surface area is 170 Å². The number of carbonyl (C=O) groups is 1. The van der Waals surface area contributed by atoms with Gasteiger partial charge in [0, 0.05) is 19.2 Å². The van der Waals surface area contributed by atoms with E-state index in [-0.39, 0.29) is 30.2 Å². The van der Waals surface area contributed by atoms with Crippen molar-refractivity contribution >= 4 is 11.7 Å². The summed E-state index contributed by atoms with van der Waals surface area (Å²) < 4.78 is 36.3. The first-order valence-corrected chi connectivity index (χ1v) is 9.74. The third-order valence-electron chi connectivity index (χ3n) is 4.36. The number of ether oxygens (including phenoxy) is 2. The Hall–Kier alpha value is -2.00. The van der Waals surface area contributed by atoms with Crippen molar-refractivity contribution in [2.24, 2.45) is 5.92 Å². The predicted molar refractivity (Wildman–Crippen MR) is 106 cm³/mol. The molecule has 7 nitrogen and oxygen atoms in total. The molecule has 2 N–H and O–H groups in total. The maximum atomic E-state index is 12.9. The van der Waals surface area contributed by atoms with Gasteiger partial charge in [-0.25, -0.2) is 18.6 Å². The van der Waals surface area contributed by atoms with Gasteiger partial charge in [0.1, 0.15) is 5.69 Å². The Kier molecular flexibility index (Phi) is 7.76. The van der Waals surface area contributed by atoms with Crippen molar-refractivity contribution < 1.29 is 28.2 Å². The topological polar surface area (TPSA) is 83.9 Å². The minimum absolute atomic E-state index is 0.132. The van der Waals surface area contributed by atoms with Gasteiger partial charge in [-0.05, 0) is 51.7 Å². The summed E-state index contributed by atoms with van der Waals surface area (Å²) in [5, 5.41) is 12.2.